The number of aliphatic hydroxyl groups is 1. The molecule has 1 aromatic carbocycles. The lowest BCUT2D eigenvalue weighted by molar-refractivity contribution is 0.162. The summed E-state index contributed by atoms with van der Waals surface area (Å²) < 4.78 is 5.27. The van der Waals surface area contributed by atoms with Gasteiger partial charge in [0, 0.05) is 18.2 Å². The Labute approximate surface area is 109 Å². The SMILES string of the molecule is COc1ccccc1C(O)CNC1CCCCC1. The van der Waals surface area contributed by atoms with Gasteiger partial charge in [-0.2, -0.15) is 0 Å². The molecule has 0 heterocycles. The van der Waals surface area contributed by atoms with Crippen molar-refractivity contribution in [3.8, 4) is 5.75 Å². The molecule has 1 saturated carbocycles. The van der Waals surface area contributed by atoms with Gasteiger partial charge in [-0.05, 0) is 18.9 Å². The summed E-state index contributed by atoms with van der Waals surface area (Å²) in [5, 5.41) is 13.7. The van der Waals surface area contributed by atoms with Crippen molar-refractivity contribution in [3.05, 3.63) is 29.8 Å². The Hall–Kier alpha value is -1.06. The Bertz CT molecular complexity index is 361. The molecule has 0 amide bonds. The number of nitrogens with one attached hydrogen (secondary N) is 1. The van der Waals surface area contributed by atoms with E-state index in [0.717, 1.165) is 11.3 Å². The van der Waals surface area contributed by atoms with Crippen molar-refractivity contribution >= 4 is 0 Å². The molecular formula is C15H23NO2. The van der Waals surface area contributed by atoms with E-state index in [2.05, 4.69) is 5.32 Å². The van der Waals surface area contributed by atoms with Gasteiger partial charge in [-0.1, -0.05) is 37.5 Å². The number of rotatable bonds is 5. The number of hydrogen-bond acceptors (Lipinski definition) is 3. The minimum atomic E-state index is -0.497. The van der Waals surface area contributed by atoms with E-state index < -0.39 is 6.10 Å². The van der Waals surface area contributed by atoms with Gasteiger partial charge in [0.2, 0.25) is 0 Å². The fourth-order valence-corrected chi connectivity index (χ4v) is 2.64. The molecule has 1 aromatic rings. The standard InChI is InChI=1S/C15H23NO2/c1-18-15-10-6-5-9-13(15)14(17)11-16-12-7-3-2-4-8-12/h5-6,9-10,12,14,16-17H,2-4,7-8,11H2,1H3. The Morgan fingerprint density at radius 1 is 1.28 bits per heavy atom. The summed E-state index contributed by atoms with van der Waals surface area (Å²) in [5.74, 6) is 0.760. The predicted octanol–water partition coefficient (Wildman–Crippen LogP) is 2.65. The molecule has 2 N–H and O–H groups in total. The molecule has 0 spiro atoms. The smallest absolute Gasteiger partial charge is 0.124 e. The summed E-state index contributed by atoms with van der Waals surface area (Å²) in [6, 6.07) is 8.24. The lowest BCUT2D eigenvalue weighted by Gasteiger charge is -2.24. The molecule has 1 aliphatic rings. The van der Waals surface area contributed by atoms with Crippen LogP contribution in [0.3, 0.4) is 0 Å². The highest BCUT2D eigenvalue weighted by molar-refractivity contribution is 5.35. The summed E-state index contributed by atoms with van der Waals surface area (Å²) >= 11 is 0. The van der Waals surface area contributed by atoms with Crippen LogP contribution in [0.25, 0.3) is 0 Å². The van der Waals surface area contributed by atoms with Gasteiger partial charge in [-0.15, -0.1) is 0 Å². The maximum absolute atomic E-state index is 10.2. The second kappa shape index (κ2) is 6.76. The predicted molar refractivity (Wildman–Crippen MR) is 72.8 cm³/mol. The van der Waals surface area contributed by atoms with Crippen LogP contribution in [-0.2, 0) is 0 Å². The normalized spacial score (nSPS) is 18.6. The Morgan fingerprint density at radius 2 is 2.00 bits per heavy atom. The van der Waals surface area contributed by atoms with Crippen LogP contribution in [-0.4, -0.2) is 24.8 Å². The van der Waals surface area contributed by atoms with Crippen LogP contribution in [0.5, 0.6) is 5.75 Å². The van der Waals surface area contributed by atoms with Crippen LogP contribution in [0, 0.1) is 0 Å². The molecule has 3 nitrogen and oxygen atoms in total. The second-order valence-corrected chi connectivity index (χ2v) is 5.00. The lowest BCUT2D eigenvalue weighted by atomic mass is 9.95. The highest BCUT2D eigenvalue weighted by Crippen LogP contribution is 2.25. The van der Waals surface area contributed by atoms with E-state index in [1.807, 2.05) is 24.3 Å². The Balaban J connectivity index is 1.88. The zero-order valence-corrected chi connectivity index (χ0v) is 11.1. The zero-order chi connectivity index (χ0) is 12.8. The third-order valence-corrected chi connectivity index (χ3v) is 3.70. The number of aliphatic hydroxyl groups excluding tert-OH is 1. The van der Waals surface area contributed by atoms with Crippen LogP contribution in [0.4, 0.5) is 0 Å². The maximum Gasteiger partial charge on any atom is 0.124 e. The largest absolute Gasteiger partial charge is 0.496 e. The lowest BCUT2D eigenvalue weighted by Crippen LogP contribution is -2.34. The van der Waals surface area contributed by atoms with Gasteiger partial charge in [0.25, 0.3) is 0 Å². The first-order valence-electron chi connectivity index (χ1n) is 6.85. The zero-order valence-electron chi connectivity index (χ0n) is 11.1. The summed E-state index contributed by atoms with van der Waals surface area (Å²) in [6.45, 7) is 0.602. The molecule has 0 saturated heterocycles. The summed E-state index contributed by atoms with van der Waals surface area (Å²) in [6.07, 6.45) is 5.94. The van der Waals surface area contributed by atoms with Crippen molar-refractivity contribution in [1.82, 2.24) is 5.32 Å². The third kappa shape index (κ3) is 3.47. The number of hydrogen-bond donors (Lipinski definition) is 2. The molecule has 18 heavy (non-hydrogen) atoms. The molecule has 2 rings (SSSR count). The van der Waals surface area contributed by atoms with Gasteiger partial charge >= 0.3 is 0 Å². The minimum Gasteiger partial charge on any atom is -0.496 e. The van der Waals surface area contributed by atoms with Crippen molar-refractivity contribution in [2.45, 2.75) is 44.2 Å². The average Bonchev–Trinajstić information content (AvgIpc) is 2.45. The van der Waals surface area contributed by atoms with Crippen molar-refractivity contribution in [2.75, 3.05) is 13.7 Å². The minimum absolute atomic E-state index is 0.497. The molecule has 3 heteroatoms. The van der Waals surface area contributed by atoms with E-state index in [4.69, 9.17) is 4.74 Å². The molecule has 1 atom stereocenters. The monoisotopic (exact) mass is 249 g/mol. The molecular weight excluding hydrogens is 226 g/mol. The molecule has 1 aliphatic carbocycles. The average molecular weight is 249 g/mol. The number of ether oxygens (including phenoxy) is 1. The van der Waals surface area contributed by atoms with Crippen molar-refractivity contribution in [3.63, 3.8) is 0 Å². The first kappa shape index (κ1) is 13.4. The van der Waals surface area contributed by atoms with Gasteiger partial charge in [0.15, 0.2) is 0 Å². The second-order valence-electron chi connectivity index (χ2n) is 5.00. The van der Waals surface area contributed by atoms with Crippen molar-refractivity contribution in [2.24, 2.45) is 0 Å². The maximum atomic E-state index is 10.2. The van der Waals surface area contributed by atoms with E-state index in [9.17, 15) is 5.11 Å². The van der Waals surface area contributed by atoms with Gasteiger partial charge in [0.1, 0.15) is 5.75 Å². The summed E-state index contributed by atoms with van der Waals surface area (Å²) in [7, 11) is 1.64. The van der Waals surface area contributed by atoms with Gasteiger partial charge < -0.3 is 15.2 Å². The molecule has 0 bridgehead atoms. The number of methoxy groups -OCH3 is 1. The van der Waals surface area contributed by atoms with Gasteiger partial charge in [-0.25, -0.2) is 0 Å². The van der Waals surface area contributed by atoms with Gasteiger partial charge in [-0.3, -0.25) is 0 Å². The van der Waals surface area contributed by atoms with Crippen LogP contribution in [0.1, 0.15) is 43.8 Å². The van der Waals surface area contributed by atoms with Crippen molar-refractivity contribution in [1.29, 1.82) is 0 Å². The summed E-state index contributed by atoms with van der Waals surface area (Å²) in [5.41, 5.74) is 0.864. The van der Waals surface area contributed by atoms with Crippen molar-refractivity contribution < 1.29 is 9.84 Å². The molecule has 1 fully saturated rings. The third-order valence-electron chi connectivity index (χ3n) is 3.70. The number of benzene rings is 1. The van der Waals surface area contributed by atoms with Crippen LogP contribution in [0.15, 0.2) is 24.3 Å². The number of para-hydroxylation sites is 1. The van der Waals surface area contributed by atoms with Gasteiger partial charge in [0.05, 0.1) is 13.2 Å². The van der Waals surface area contributed by atoms with E-state index >= 15 is 0 Å². The molecule has 100 valence electrons. The topological polar surface area (TPSA) is 41.5 Å². The Morgan fingerprint density at radius 3 is 2.72 bits per heavy atom. The first-order valence-corrected chi connectivity index (χ1v) is 6.85. The molecule has 0 aliphatic heterocycles. The molecule has 1 unspecified atom stereocenters. The van der Waals surface area contributed by atoms with E-state index in [0.29, 0.717) is 12.6 Å². The molecule has 0 radical (unpaired) electrons. The highest BCUT2D eigenvalue weighted by Gasteiger charge is 2.16. The highest BCUT2D eigenvalue weighted by atomic mass is 16.5. The van der Waals surface area contributed by atoms with Crippen LogP contribution in [0.2, 0.25) is 0 Å². The van der Waals surface area contributed by atoms with E-state index in [-0.39, 0.29) is 0 Å². The van der Waals surface area contributed by atoms with Crippen LogP contribution >= 0.6 is 0 Å². The fraction of sp³-hybridized carbons (Fsp3) is 0.600. The van der Waals surface area contributed by atoms with E-state index in [1.165, 1.54) is 32.1 Å². The fourth-order valence-electron chi connectivity index (χ4n) is 2.64. The van der Waals surface area contributed by atoms with Crippen LogP contribution < -0.4 is 10.1 Å². The first-order chi connectivity index (χ1) is 8.81. The summed E-state index contributed by atoms with van der Waals surface area (Å²) in [4.78, 5) is 0. The molecule has 0 aromatic heterocycles. The van der Waals surface area contributed by atoms with E-state index in [1.54, 1.807) is 7.11 Å². The Kier molecular flexibility index (Phi) is 5.02. The quantitative estimate of drug-likeness (QED) is 0.843.